The van der Waals surface area contributed by atoms with Crippen LogP contribution >= 0.6 is 0 Å². The number of benzene rings is 4. The molecule has 0 fully saturated rings. The van der Waals surface area contributed by atoms with E-state index in [2.05, 4.69) is 45.5 Å². The van der Waals surface area contributed by atoms with Gasteiger partial charge in [0, 0.05) is 23.5 Å². The van der Waals surface area contributed by atoms with Crippen LogP contribution in [0.1, 0.15) is 22.5 Å². The third kappa shape index (κ3) is 5.09. The number of rotatable bonds is 6. The monoisotopic (exact) mass is 460 g/mol. The van der Waals surface area contributed by atoms with Crippen molar-refractivity contribution in [3.05, 3.63) is 120 Å². The van der Waals surface area contributed by atoms with Crippen LogP contribution in [0.3, 0.4) is 0 Å². The number of para-hydroxylation sites is 3. The first-order valence-corrected chi connectivity index (χ1v) is 11.8. The van der Waals surface area contributed by atoms with Gasteiger partial charge >= 0.3 is 6.03 Å². The molecule has 1 heterocycles. The van der Waals surface area contributed by atoms with E-state index in [9.17, 15) is 4.79 Å². The maximum Gasteiger partial charge on any atom is 0.323 e. The van der Waals surface area contributed by atoms with Crippen molar-refractivity contribution in [2.75, 3.05) is 10.6 Å². The van der Waals surface area contributed by atoms with Gasteiger partial charge < -0.3 is 10.6 Å². The number of carbonyl (C=O) groups is 1. The van der Waals surface area contributed by atoms with Crippen LogP contribution in [-0.4, -0.2) is 15.6 Å². The van der Waals surface area contributed by atoms with Crippen LogP contribution in [0.5, 0.6) is 0 Å². The van der Waals surface area contributed by atoms with Gasteiger partial charge in [0.15, 0.2) is 0 Å². The second kappa shape index (κ2) is 9.85. The molecule has 174 valence electrons. The predicted octanol–water partition coefficient (Wildman–Crippen LogP) is 7.07. The standard InChI is InChI=1S/C30H28N4O/c1-21-15-16-22(2)27(19-21)33-30(35)31-24-10-8-9-23(20-24)17-18-29-32-26-13-6-7-14-28(26)34(29)25-11-4-3-5-12-25/h3-16,19-20H,17-18H2,1-2H3,(H2,31,33,35). The first-order valence-electron chi connectivity index (χ1n) is 11.8. The van der Waals surface area contributed by atoms with E-state index in [4.69, 9.17) is 4.98 Å². The number of nitrogens with zero attached hydrogens (tertiary/aromatic N) is 2. The quantitative estimate of drug-likeness (QED) is 0.285. The van der Waals surface area contributed by atoms with Crippen molar-refractivity contribution >= 4 is 28.4 Å². The van der Waals surface area contributed by atoms with Crippen LogP contribution < -0.4 is 10.6 Å². The lowest BCUT2D eigenvalue weighted by molar-refractivity contribution is 0.262. The molecule has 0 aliphatic rings. The van der Waals surface area contributed by atoms with Gasteiger partial charge in [0.2, 0.25) is 0 Å². The number of hydrogen-bond acceptors (Lipinski definition) is 2. The third-order valence-corrected chi connectivity index (χ3v) is 6.11. The summed E-state index contributed by atoms with van der Waals surface area (Å²) in [6.07, 6.45) is 1.59. The number of imidazole rings is 1. The number of carbonyl (C=O) groups excluding carboxylic acids is 1. The topological polar surface area (TPSA) is 59.0 Å². The molecule has 35 heavy (non-hydrogen) atoms. The molecule has 0 aliphatic carbocycles. The highest BCUT2D eigenvalue weighted by molar-refractivity contribution is 6.00. The summed E-state index contributed by atoms with van der Waals surface area (Å²) < 4.78 is 2.23. The van der Waals surface area contributed by atoms with E-state index in [1.807, 2.05) is 80.6 Å². The molecule has 5 nitrogen and oxygen atoms in total. The molecule has 2 N–H and O–H groups in total. The fraction of sp³-hybridized carbons (Fsp3) is 0.133. The van der Waals surface area contributed by atoms with E-state index in [1.165, 1.54) is 0 Å². The molecule has 5 aromatic rings. The van der Waals surface area contributed by atoms with Crippen LogP contribution in [-0.2, 0) is 12.8 Å². The Morgan fingerprint density at radius 3 is 2.46 bits per heavy atom. The van der Waals surface area contributed by atoms with E-state index < -0.39 is 0 Å². The summed E-state index contributed by atoms with van der Waals surface area (Å²) in [7, 11) is 0. The molecule has 4 aromatic carbocycles. The summed E-state index contributed by atoms with van der Waals surface area (Å²) >= 11 is 0. The molecule has 0 aliphatic heterocycles. The van der Waals surface area contributed by atoms with Crippen molar-refractivity contribution in [1.82, 2.24) is 9.55 Å². The predicted molar refractivity (Wildman–Crippen MR) is 143 cm³/mol. The summed E-state index contributed by atoms with van der Waals surface area (Å²) in [4.78, 5) is 17.5. The summed E-state index contributed by atoms with van der Waals surface area (Å²) in [6.45, 7) is 4.00. The van der Waals surface area contributed by atoms with Crippen LogP contribution in [0.25, 0.3) is 16.7 Å². The van der Waals surface area contributed by atoms with Crippen LogP contribution in [0, 0.1) is 13.8 Å². The number of amides is 2. The number of aromatic nitrogens is 2. The fourth-order valence-corrected chi connectivity index (χ4v) is 4.32. The first-order chi connectivity index (χ1) is 17.1. The zero-order valence-corrected chi connectivity index (χ0v) is 20.0. The minimum Gasteiger partial charge on any atom is -0.308 e. The van der Waals surface area contributed by atoms with Crippen LogP contribution in [0.15, 0.2) is 97.1 Å². The summed E-state index contributed by atoms with van der Waals surface area (Å²) in [6, 6.07) is 32.3. The fourth-order valence-electron chi connectivity index (χ4n) is 4.32. The van der Waals surface area contributed by atoms with Crippen LogP contribution in [0.2, 0.25) is 0 Å². The SMILES string of the molecule is Cc1ccc(C)c(NC(=O)Nc2cccc(CCc3nc4ccccc4n3-c3ccccc3)c2)c1. The molecule has 0 spiro atoms. The number of anilines is 2. The Bertz CT molecular complexity index is 1490. The number of hydrogen-bond donors (Lipinski definition) is 2. The van der Waals surface area contributed by atoms with Crippen molar-refractivity contribution < 1.29 is 4.79 Å². The Morgan fingerprint density at radius 1 is 0.800 bits per heavy atom. The second-order valence-corrected chi connectivity index (χ2v) is 8.79. The van der Waals surface area contributed by atoms with Gasteiger partial charge in [-0.3, -0.25) is 4.57 Å². The number of aryl methyl sites for hydroxylation is 4. The average Bonchev–Trinajstić information content (AvgIpc) is 3.24. The van der Waals surface area contributed by atoms with Gasteiger partial charge in [-0.15, -0.1) is 0 Å². The minimum absolute atomic E-state index is 0.248. The molecular formula is C30H28N4O. The number of fused-ring (bicyclic) bond motifs is 1. The smallest absolute Gasteiger partial charge is 0.308 e. The van der Waals surface area contributed by atoms with Crippen molar-refractivity contribution in [2.24, 2.45) is 0 Å². The van der Waals surface area contributed by atoms with Gasteiger partial charge in [-0.05, 0) is 79.4 Å². The first kappa shape index (κ1) is 22.4. The second-order valence-electron chi connectivity index (χ2n) is 8.79. The van der Waals surface area contributed by atoms with E-state index in [-0.39, 0.29) is 6.03 Å². The van der Waals surface area contributed by atoms with Crippen molar-refractivity contribution in [3.63, 3.8) is 0 Å². The highest BCUT2D eigenvalue weighted by Crippen LogP contribution is 2.23. The molecule has 5 rings (SSSR count). The van der Waals surface area contributed by atoms with Crippen molar-refractivity contribution in [3.8, 4) is 5.69 Å². The average molecular weight is 461 g/mol. The van der Waals surface area contributed by atoms with E-state index in [0.717, 1.165) is 63.5 Å². The van der Waals surface area contributed by atoms with Crippen molar-refractivity contribution in [1.29, 1.82) is 0 Å². The highest BCUT2D eigenvalue weighted by Gasteiger charge is 2.12. The van der Waals surface area contributed by atoms with Gasteiger partial charge in [-0.1, -0.05) is 54.6 Å². The molecular weight excluding hydrogens is 432 g/mol. The molecule has 0 radical (unpaired) electrons. The van der Waals surface area contributed by atoms with Gasteiger partial charge in [0.25, 0.3) is 0 Å². The normalized spacial score (nSPS) is 10.9. The Kier molecular flexibility index (Phi) is 6.31. The molecule has 0 saturated carbocycles. The van der Waals surface area contributed by atoms with Crippen molar-refractivity contribution in [2.45, 2.75) is 26.7 Å². The molecule has 0 unspecified atom stereocenters. The Morgan fingerprint density at radius 2 is 1.60 bits per heavy atom. The molecule has 1 aromatic heterocycles. The van der Waals surface area contributed by atoms with E-state index in [0.29, 0.717) is 0 Å². The van der Waals surface area contributed by atoms with Crippen LogP contribution in [0.4, 0.5) is 16.2 Å². The summed E-state index contributed by atoms with van der Waals surface area (Å²) in [5.41, 5.74) is 8.06. The lowest BCUT2D eigenvalue weighted by atomic mass is 10.1. The lowest BCUT2D eigenvalue weighted by Crippen LogP contribution is -2.20. The Labute approximate surface area is 205 Å². The Hall–Kier alpha value is -4.38. The largest absolute Gasteiger partial charge is 0.323 e. The lowest BCUT2D eigenvalue weighted by Gasteiger charge is -2.12. The maximum absolute atomic E-state index is 12.6. The Balaban J connectivity index is 1.32. The number of urea groups is 1. The maximum atomic E-state index is 12.6. The number of nitrogens with one attached hydrogen (secondary N) is 2. The third-order valence-electron chi connectivity index (χ3n) is 6.11. The van der Waals surface area contributed by atoms with E-state index in [1.54, 1.807) is 0 Å². The van der Waals surface area contributed by atoms with Gasteiger partial charge in [0.05, 0.1) is 11.0 Å². The minimum atomic E-state index is -0.248. The zero-order chi connectivity index (χ0) is 24.2. The van der Waals surface area contributed by atoms with Gasteiger partial charge in [-0.25, -0.2) is 9.78 Å². The molecule has 0 saturated heterocycles. The highest BCUT2D eigenvalue weighted by atomic mass is 16.2. The molecule has 0 atom stereocenters. The summed E-state index contributed by atoms with van der Waals surface area (Å²) in [5.74, 6) is 1.02. The van der Waals surface area contributed by atoms with E-state index >= 15 is 0 Å². The molecule has 5 heteroatoms. The van der Waals surface area contributed by atoms with Gasteiger partial charge in [-0.2, -0.15) is 0 Å². The summed E-state index contributed by atoms with van der Waals surface area (Å²) in [5, 5.41) is 5.92. The molecule has 0 bridgehead atoms. The molecule has 2 amide bonds. The van der Waals surface area contributed by atoms with Gasteiger partial charge in [0.1, 0.15) is 5.82 Å². The zero-order valence-electron chi connectivity index (χ0n) is 20.0.